The number of ether oxygens (including phenoxy) is 1. The maximum atomic E-state index is 13.3. The minimum absolute atomic E-state index is 0.0338. The van der Waals surface area contributed by atoms with E-state index in [0.29, 0.717) is 12.2 Å². The van der Waals surface area contributed by atoms with Crippen molar-refractivity contribution in [1.29, 1.82) is 0 Å². The second-order valence-electron chi connectivity index (χ2n) is 4.86. The molecule has 0 amide bonds. The molecule has 0 N–H and O–H groups in total. The Morgan fingerprint density at radius 1 is 1.10 bits per heavy atom. The van der Waals surface area contributed by atoms with E-state index in [9.17, 15) is 8.78 Å². The molecular weight excluding hydrogens is 282 g/mol. The summed E-state index contributed by atoms with van der Waals surface area (Å²) in [6.07, 6.45) is 0.754. The molecule has 3 rings (SSSR count). The van der Waals surface area contributed by atoms with Crippen LogP contribution in [-0.4, -0.2) is 6.61 Å². The lowest BCUT2D eigenvalue weighted by atomic mass is 9.87. The van der Waals surface area contributed by atoms with Gasteiger partial charge in [0.2, 0.25) is 0 Å². The van der Waals surface area contributed by atoms with Gasteiger partial charge in [0, 0.05) is 5.92 Å². The first-order chi connectivity index (χ1) is 9.66. The molecule has 1 aliphatic heterocycles. The number of rotatable bonds is 2. The van der Waals surface area contributed by atoms with Gasteiger partial charge < -0.3 is 4.74 Å². The Hall–Kier alpha value is -1.61. The quantitative estimate of drug-likeness (QED) is 0.722. The highest BCUT2D eigenvalue weighted by Gasteiger charge is 2.29. The van der Waals surface area contributed by atoms with Crippen LogP contribution < -0.4 is 4.74 Å². The largest absolute Gasteiger partial charge is 0.493 e. The highest BCUT2D eigenvalue weighted by atomic mass is 35.5. The van der Waals surface area contributed by atoms with Crippen LogP contribution in [0.4, 0.5) is 8.78 Å². The average molecular weight is 295 g/mol. The van der Waals surface area contributed by atoms with Crippen molar-refractivity contribution in [2.45, 2.75) is 17.7 Å². The third-order valence-corrected chi connectivity index (χ3v) is 4.18. The lowest BCUT2D eigenvalue weighted by Gasteiger charge is -2.29. The third kappa shape index (κ3) is 2.38. The fourth-order valence-corrected chi connectivity index (χ4v) is 2.99. The molecule has 2 unspecified atom stereocenters. The molecule has 20 heavy (non-hydrogen) atoms. The normalized spacial score (nSPS) is 19.1. The first-order valence-electron chi connectivity index (χ1n) is 6.47. The van der Waals surface area contributed by atoms with Gasteiger partial charge in [0.15, 0.2) is 11.6 Å². The van der Waals surface area contributed by atoms with E-state index in [0.717, 1.165) is 23.8 Å². The lowest BCUT2D eigenvalue weighted by molar-refractivity contribution is 0.265. The van der Waals surface area contributed by atoms with Crippen molar-refractivity contribution < 1.29 is 13.5 Å². The van der Waals surface area contributed by atoms with Gasteiger partial charge in [0.1, 0.15) is 5.75 Å². The standard InChI is InChI=1S/C16H13ClF2O/c17-16(10-5-6-13(18)14(19)9-10)12-7-8-20-15-4-2-1-3-11(12)15/h1-6,9,12,16H,7-8H2. The molecule has 2 atom stereocenters. The van der Waals surface area contributed by atoms with Crippen LogP contribution >= 0.6 is 11.6 Å². The highest BCUT2D eigenvalue weighted by molar-refractivity contribution is 6.21. The smallest absolute Gasteiger partial charge is 0.159 e. The number of alkyl halides is 1. The van der Waals surface area contributed by atoms with Crippen molar-refractivity contribution in [1.82, 2.24) is 0 Å². The van der Waals surface area contributed by atoms with Crippen molar-refractivity contribution in [2.75, 3.05) is 6.61 Å². The van der Waals surface area contributed by atoms with Gasteiger partial charge in [0.25, 0.3) is 0 Å². The van der Waals surface area contributed by atoms with E-state index in [4.69, 9.17) is 16.3 Å². The first-order valence-corrected chi connectivity index (χ1v) is 6.91. The maximum absolute atomic E-state index is 13.3. The molecule has 0 fully saturated rings. The van der Waals surface area contributed by atoms with Crippen LogP contribution in [0.1, 0.15) is 28.8 Å². The monoisotopic (exact) mass is 294 g/mol. The van der Waals surface area contributed by atoms with E-state index >= 15 is 0 Å². The summed E-state index contributed by atoms with van der Waals surface area (Å²) in [7, 11) is 0. The summed E-state index contributed by atoms with van der Waals surface area (Å²) in [5.74, 6) is -0.873. The van der Waals surface area contributed by atoms with E-state index in [1.807, 2.05) is 24.3 Å². The molecule has 2 aromatic carbocycles. The SMILES string of the molecule is Fc1ccc(C(Cl)C2CCOc3ccccc32)cc1F. The molecule has 104 valence electrons. The first kappa shape index (κ1) is 13.4. The summed E-state index contributed by atoms with van der Waals surface area (Å²) < 4.78 is 31.9. The number of para-hydroxylation sites is 1. The molecule has 0 saturated carbocycles. The van der Waals surface area contributed by atoms with E-state index < -0.39 is 17.0 Å². The van der Waals surface area contributed by atoms with Gasteiger partial charge in [-0.2, -0.15) is 0 Å². The summed E-state index contributed by atoms with van der Waals surface area (Å²) in [5, 5.41) is -0.407. The van der Waals surface area contributed by atoms with Crippen LogP contribution in [0, 0.1) is 11.6 Å². The van der Waals surface area contributed by atoms with Crippen molar-refractivity contribution in [3.63, 3.8) is 0 Å². The van der Waals surface area contributed by atoms with Gasteiger partial charge in [-0.1, -0.05) is 24.3 Å². The third-order valence-electron chi connectivity index (χ3n) is 3.62. The molecule has 0 radical (unpaired) electrons. The van der Waals surface area contributed by atoms with Crippen molar-refractivity contribution in [3.05, 3.63) is 65.2 Å². The van der Waals surface area contributed by atoms with Crippen LogP contribution in [0.15, 0.2) is 42.5 Å². The van der Waals surface area contributed by atoms with Crippen LogP contribution in [0.3, 0.4) is 0 Å². The fourth-order valence-electron chi connectivity index (χ4n) is 2.59. The van der Waals surface area contributed by atoms with Crippen molar-refractivity contribution >= 4 is 11.6 Å². The average Bonchev–Trinajstić information content (AvgIpc) is 2.49. The summed E-state index contributed by atoms with van der Waals surface area (Å²) in [4.78, 5) is 0. The zero-order valence-electron chi connectivity index (χ0n) is 10.7. The van der Waals surface area contributed by atoms with E-state index in [1.54, 1.807) is 0 Å². The van der Waals surface area contributed by atoms with E-state index in [2.05, 4.69) is 0 Å². The number of benzene rings is 2. The summed E-state index contributed by atoms with van der Waals surface area (Å²) in [6.45, 7) is 0.578. The van der Waals surface area contributed by atoms with Gasteiger partial charge >= 0.3 is 0 Å². The van der Waals surface area contributed by atoms with E-state index in [-0.39, 0.29) is 5.92 Å². The Balaban J connectivity index is 1.95. The zero-order chi connectivity index (χ0) is 14.1. The van der Waals surface area contributed by atoms with E-state index in [1.165, 1.54) is 12.1 Å². The maximum Gasteiger partial charge on any atom is 0.159 e. The molecule has 0 spiro atoms. The summed E-state index contributed by atoms with van der Waals surface area (Å²) in [6, 6.07) is 11.5. The molecule has 0 aromatic heterocycles. The lowest BCUT2D eigenvalue weighted by Crippen LogP contribution is -2.17. The highest BCUT2D eigenvalue weighted by Crippen LogP contribution is 2.44. The minimum Gasteiger partial charge on any atom is -0.493 e. The van der Waals surface area contributed by atoms with Gasteiger partial charge in [-0.05, 0) is 35.7 Å². The Kier molecular flexibility index (Phi) is 3.62. The van der Waals surface area contributed by atoms with Crippen molar-refractivity contribution in [3.8, 4) is 5.75 Å². The molecular formula is C16H13ClF2O. The van der Waals surface area contributed by atoms with Gasteiger partial charge in [-0.15, -0.1) is 11.6 Å². The fraction of sp³-hybridized carbons (Fsp3) is 0.250. The molecule has 0 aliphatic carbocycles. The zero-order valence-corrected chi connectivity index (χ0v) is 11.4. The topological polar surface area (TPSA) is 9.23 Å². The van der Waals surface area contributed by atoms with Crippen molar-refractivity contribution in [2.24, 2.45) is 0 Å². The molecule has 0 bridgehead atoms. The molecule has 0 saturated heterocycles. The number of hydrogen-bond acceptors (Lipinski definition) is 1. The van der Waals surface area contributed by atoms with Gasteiger partial charge in [0.05, 0.1) is 12.0 Å². The Bertz CT molecular complexity index is 630. The number of fused-ring (bicyclic) bond motifs is 1. The molecule has 1 nitrogen and oxygen atoms in total. The van der Waals surface area contributed by atoms with Crippen LogP contribution in [-0.2, 0) is 0 Å². The predicted octanol–water partition coefficient (Wildman–Crippen LogP) is 4.81. The van der Waals surface area contributed by atoms with Gasteiger partial charge in [-0.25, -0.2) is 8.78 Å². The Labute approximate surface area is 121 Å². The molecule has 1 aliphatic rings. The van der Waals surface area contributed by atoms with Crippen LogP contribution in [0.25, 0.3) is 0 Å². The molecule has 4 heteroatoms. The minimum atomic E-state index is -0.867. The molecule has 2 aromatic rings. The van der Waals surface area contributed by atoms with Crippen LogP contribution in [0.5, 0.6) is 5.75 Å². The summed E-state index contributed by atoms with van der Waals surface area (Å²) in [5.41, 5.74) is 1.61. The second kappa shape index (κ2) is 5.41. The Morgan fingerprint density at radius 2 is 1.90 bits per heavy atom. The second-order valence-corrected chi connectivity index (χ2v) is 5.33. The number of hydrogen-bond donors (Lipinski definition) is 0. The number of halogens is 3. The predicted molar refractivity (Wildman–Crippen MR) is 74.2 cm³/mol. The van der Waals surface area contributed by atoms with Crippen LogP contribution in [0.2, 0.25) is 0 Å². The summed E-state index contributed by atoms with van der Waals surface area (Å²) >= 11 is 6.49. The Morgan fingerprint density at radius 3 is 2.70 bits per heavy atom. The van der Waals surface area contributed by atoms with Gasteiger partial charge in [-0.3, -0.25) is 0 Å². The molecule has 1 heterocycles.